The minimum absolute atomic E-state index is 0.110. The molecule has 1 saturated carbocycles. The first kappa shape index (κ1) is 10.5. The van der Waals surface area contributed by atoms with E-state index in [1.165, 1.54) is 0 Å². The summed E-state index contributed by atoms with van der Waals surface area (Å²) in [6.45, 7) is 4.29. The third-order valence-electron chi connectivity index (χ3n) is 2.91. The lowest BCUT2D eigenvalue weighted by Gasteiger charge is -2.17. The van der Waals surface area contributed by atoms with Crippen molar-refractivity contribution < 1.29 is 9.90 Å². The van der Waals surface area contributed by atoms with E-state index >= 15 is 0 Å². The van der Waals surface area contributed by atoms with Crippen molar-refractivity contribution in [2.75, 3.05) is 0 Å². The van der Waals surface area contributed by atoms with Gasteiger partial charge in [-0.15, -0.1) is 0 Å². The molecular weight excluding hydrogens is 166 g/mol. The first-order valence-electron chi connectivity index (χ1n) is 5.12. The molecule has 13 heavy (non-hydrogen) atoms. The van der Waals surface area contributed by atoms with Gasteiger partial charge in [0.1, 0.15) is 0 Å². The third-order valence-corrected chi connectivity index (χ3v) is 2.91. The van der Waals surface area contributed by atoms with Crippen molar-refractivity contribution in [3.05, 3.63) is 0 Å². The SMILES string of the molecule is CCC(C)N[C@H]1CC[C@@H](C(=O)O)C1. The second kappa shape index (κ2) is 4.61. The van der Waals surface area contributed by atoms with E-state index < -0.39 is 5.97 Å². The van der Waals surface area contributed by atoms with Crippen LogP contribution >= 0.6 is 0 Å². The minimum atomic E-state index is -0.631. The summed E-state index contributed by atoms with van der Waals surface area (Å²) in [4.78, 5) is 10.7. The summed E-state index contributed by atoms with van der Waals surface area (Å²) in [5.41, 5.74) is 0. The summed E-state index contributed by atoms with van der Waals surface area (Å²) >= 11 is 0. The fourth-order valence-electron chi connectivity index (χ4n) is 1.88. The summed E-state index contributed by atoms with van der Waals surface area (Å²) in [6.07, 6.45) is 3.76. The van der Waals surface area contributed by atoms with Crippen LogP contribution in [0.2, 0.25) is 0 Å². The molecule has 3 atom stereocenters. The molecule has 1 fully saturated rings. The third kappa shape index (κ3) is 2.99. The van der Waals surface area contributed by atoms with Crippen LogP contribution < -0.4 is 5.32 Å². The average molecular weight is 185 g/mol. The van der Waals surface area contributed by atoms with E-state index in [0.29, 0.717) is 12.1 Å². The number of aliphatic carboxylic acids is 1. The van der Waals surface area contributed by atoms with Gasteiger partial charge in [0, 0.05) is 12.1 Å². The van der Waals surface area contributed by atoms with Gasteiger partial charge in [-0.2, -0.15) is 0 Å². The number of hydrogen-bond acceptors (Lipinski definition) is 2. The molecule has 0 aromatic rings. The van der Waals surface area contributed by atoms with Crippen LogP contribution in [0.1, 0.15) is 39.5 Å². The van der Waals surface area contributed by atoms with E-state index in [2.05, 4.69) is 19.2 Å². The van der Waals surface area contributed by atoms with Gasteiger partial charge in [-0.05, 0) is 32.6 Å². The maximum atomic E-state index is 10.7. The normalized spacial score (nSPS) is 30.3. The Bertz CT molecular complexity index is 182. The molecule has 1 rings (SSSR count). The molecule has 3 heteroatoms. The summed E-state index contributed by atoms with van der Waals surface area (Å²) < 4.78 is 0. The molecule has 0 aliphatic heterocycles. The Labute approximate surface area is 79.5 Å². The zero-order valence-electron chi connectivity index (χ0n) is 8.42. The Balaban J connectivity index is 2.29. The Morgan fingerprint density at radius 3 is 2.77 bits per heavy atom. The van der Waals surface area contributed by atoms with Crippen LogP contribution in [0, 0.1) is 5.92 Å². The first-order chi connectivity index (χ1) is 6.13. The van der Waals surface area contributed by atoms with Crippen molar-refractivity contribution in [2.45, 2.75) is 51.6 Å². The van der Waals surface area contributed by atoms with Gasteiger partial charge in [-0.1, -0.05) is 6.92 Å². The second-order valence-corrected chi connectivity index (χ2v) is 4.02. The zero-order valence-corrected chi connectivity index (χ0v) is 8.42. The molecule has 76 valence electrons. The molecule has 1 aliphatic carbocycles. The van der Waals surface area contributed by atoms with Crippen LogP contribution in [0.3, 0.4) is 0 Å². The zero-order chi connectivity index (χ0) is 9.84. The van der Waals surface area contributed by atoms with Crippen molar-refractivity contribution in [1.29, 1.82) is 0 Å². The number of carboxylic acid groups (broad SMARTS) is 1. The number of hydrogen-bond donors (Lipinski definition) is 2. The van der Waals surface area contributed by atoms with Crippen LogP contribution in [0.5, 0.6) is 0 Å². The molecule has 3 nitrogen and oxygen atoms in total. The van der Waals surface area contributed by atoms with Crippen LogP contribution in [0.4, 0.5) is 0 Å². The highest BCUT2D eigenvalue weighted by Crippen LogP contribution is 2.25. The predicted octanol–water partition coefficient (Wildman–Crippen LogP) is 1.63. The molecular formula is C10H19NO2. The molecule has 0 saturated heterocycles. The Hall–Kier alpha value is -0.570. The molecule has 1 unspecified atom stereocenters. The van der Waals surface area contributed by atoms with E-state index in [1.807, 2.05) is 0 Å². The minimum Gasteiger partial charge on any atom is -0.481 e. The lowest BCUT2D eigenvalue weighted by Crippen LogP contribution is -2.34. The summed E-state index contributed by atoms with van der Waals surface area (Å²) in [6, 6.07) is 0.939. The molecule has 0 heterocycles. The maximum absolute atomic E-state index is 10.7. The van der Waals surface area contributed by atoms with E-state index in [4.69, 9.17) is 5.11 Å². The monoisotopic (exact) mass is 185 g/mol. The number of rotatable bonds is 4. The summed E-state index contributed by atoms with van der Waals surface area (Å²) in [7, 11) is 0. The average Bonchev–Trinajstić information content (AvgIpc) is 2.52. The lowest BCUT2D eigenvalue weighted by molar-refractivity contribution is -0.141. The molecule has 0 aromatic carbocycles. The molecule has 0 radical (unpaired) electrons. The van der Waals surface area contributed by atoms with Crippen molar-refractivity contribution in [1.82, 2.24) is 5.32 Å². The molecule has 0 amide bonds. The van der Waals surface area contributed by atoms with Crippen molar-refractivity contribution >= 4 is 5.97 Å². The van der Waals surface area contributed by atoms with Gasteiger partial charge in [0.05, 0.1) is 5.92 Å². The van der Waals surface area contributed by atoms with Gasteiger partial charge in [0.2, 0.25) is 0 Å². The molecule has 1 aliphatic rings. The Kier molecular flexibility index (Phi) is 3.72. The van der Waals surface area contributed by atoms with E-state index in [9.17, 15) is 4.79 Å². The van der Waals surface area contributed by atoms with Gasteiger partial charge >= 0.3 is 5.97 Å². The van der Waals surface area contributed by atoms with Crippen molar-refractivity contribution in [2.24, 2.45) is 5.92 Å². The second-order valence-electron chi connectivity index (χ2n) is 4.02. The van der Waals surface area contributed by atoms with Gasteiger partial charge in [-0.3, -0.25) is 4.79 Å². The largest absolute Gasteiger partial charge is 0.481 e. The topological polar surface area (TPSA) is 49.3 Å². The predicted molar refractivity (Wildman–Crippen MR) is 51.7 cm³/mol. The fourth-order valence-corrected chi connectivity index (χ4v) is 1.88. The van der Waals surface area contributed by atoms with Crippen LogP contribution in [0.25, 0.3) is 0 Å². The smallest absolute Gasteiger partial charge is 0.306 e. The fraction of sp³-hybridized carbons (Fsp3) is 0.900. The number of carbonyl (C=O) groups is 1. The highest BCUT2D eigenvalue weighted by molar-refractivity contribution is 5.70. The van der Waals surface area contributed by atoms with Gasteiger partial charge in [0.25, 0.3) is 0 Å². The highest BCUT2D eigenvalue weighted by Gasteiger charge is 2.29. The lowest BCUT2D eigenvalue weighted by atomic mass is 10.1. The van der Waals surface area contributed by atoms with Crippen LogP contribution in [-0.4, -0.2) is 23.2 Å². The molecule has 0 bridgehead atoms. The molecule has 0 spiro atoms. The molecule has 0 aromatic heterocycles. The van der Waals surface area contributed by atoms with Gasteiger partial charge < -0.3 is 10.4 Å². The molecule has 2 N–H and O–H groups in total. The van der Waals surface area contributed by atoms with Crippen molar-refractivity contribution in [3.8, 4) is 0 Å². The van der Waals surface area contributed by atoms with Gasteiger partial charge in [0.15, 0.2) is 0 Å². The van der Waals surface area contributed by atoms with Gasteiger partial charge in [-0.25, -0.2) is 0 Å². The number of nitrogens with one attached hydrogen (secondary N) is 1. The summed E-state index contributed by atoms with van der Waals surface area (Å²) in [5, 5.41) is 12.2. The standard InChI is InChI=1S/C10H19NO2/c1-3-7(2)11-9-5-4-8(6-9)10(12)13/h7-9,11H,3-6H2,1-2H3,(H,12,13)/t7?,8-,9+/m1/s1. The number of carboxylic acids is 1. The van der Waals surface area contributed by atoms with Crippen LogP contribution in [-0.2, 0) is 4.79 Å². The highest BCUT2D eigenvalue weighted by atomic mass is 16.4. The Morgan fingerprint density at radius 2 is 2.31 bits per heavy atom. The Morgan fingerprint density at radius 1 is 1.62 bits per heavy atom. The van der Waals surface area contributed by atoms with E-state index in [-0.39, 0.29) is 5.92 Å². The van der Waals surface area contributed by atoms with E-state index in [1.54, 1.807) is 0 Å². The summed E-state index contributed by atoms with van der Waals surface area (Å²) in [5.74, 6) is -0.741. The first-order valence-corrected chi connectivity index (χ1v) is 5.12. The van der Waals surface area contributed by atoms with Crippen LogP contribution in [0.15, 0.2) is 0 Å². The van der Waals surface area contributed by atoms with Crippen molar-refractivity contribution in [3.63, 3.8) is 0 Å². The van der Waals surface area contributed by atoms with E-state index in [0.717, 1.165) is 25.7 Å². The quantitative estimate of drug-likeness (QED) is 0.700. The maximum Gasteiger partial charge on any atom is 0.306 e.